The van der Waals surface area contributed by atoms with Crippen LogP contribution in [0.5, 0.6) is 0 Å². The number of nitriles is 1. The summed E-state index contributed by atoms with van der Waals surface area (Å²) in [5.41, 5.74) is 9.37. The summed E-state index contributed by atoms with van der Waals surface area (Å²) in [5.74, 6) is -2.49. The van der Waals surface area contributed by atoms with Crippen molar-refractivity contribution in [3.05, 3.63) is 35.7 Å². The second kappa shape index (κ2) is 12.6. The molecule has 1 aliphatic carbocycles. The number of nitrogens with zero attached hydrogens (tertiary/aromatic N) is 3. The van der Waals surface area contributed by atoms with E-state index < -0.39 is 12.0 Å². The first-order valence-electron chi connectivity index (χ1n) is 10.0. The summed E-state index contributed by atoms with van der Waals surface area (Å²) in [6.45, 7) is 5.65. The number of nitrogens with one attached hydrogen (secondary N) is 3. The van der Waals surface area contributed by atoms with E-state index in [0.717, 1.165) is 6.42 Å². The molecule has 10 heteroatoms. The SMILES string of the molecule is C=C/C=C(/C/C(CCC)=C(\N)C(=N)C(=NC)NO)NC(CC#N)=NC1CCC(F)(F)C1. The zero-order chi connectivity index (χ0) is 23.4. The number of hydrogen-bond donors (Lipinski definition) is 5. The predicted octanol–water partition coefficient (Wildman–Crippen LogP) is 3.58. The van der Waals surface area contributed by atoms with E-state index in [4.69, 9.17) is 21.6 Å². The standard InChI is InChI=1S/C21H31F2N7O/c1-4-6-14(18(25)19(26)20(27-3)30-31)12-15(7-5-2)28-17(9-11-24)29-16-8-10-21(22,23)13-16/h5,7,16,26,31H,2,4,6,8-10,12-13,25H2,1,3H3,(H,27,30)(H,28,29)/b15-7-,18-14-,26-19?. The first-order chi connectivity index (χ1) is 14.7. The van der Waals surface area contributed by atoms with E-state index in [9.17, 15) is 8.78 Å². The smallest absolute Gasteiger partial charge is 0.250 e. The molecule has 0 heterocycles. The molecule has 0 amide bonds. The van der Waals surface area contributed by atoms with E-state index in [-0.39, 0.29) is 42.9 Å². The van der Waals surface area contributed by atoms with Crippen LogP contribution in [0.4, 0.5) is 8.78 Å². The lowest BCUT2D eigenvalue weighted by Crippen LogP contribution is -2.33. The van der Waals surface area contributed by atoms with Gasteiger partial charge in [0.1, 0.15) is 11.5 Å². The van der Waals surface area contributed by atoms with Gasteiger partial charge >= 0.3 is 0 Å². The van der Waals surface area contributed by atoms with Crippen LogP contribution >= 0.6 is 0 Å². The van der Waals surface area contributed by atoms with Gasteiger partial charge in [-0.05, 0) is 24.5 Å². The molecule has 1 atom stereocenters. The van der Waals surface area contributed by atoms with Gasteiger partial charge in [0, 0.05) is 32.0 Å². The molecule has 1 aliphatic rings. The zero-order valence-electron chi connectivity index (χ0n) is 18.0. The number of rotatable bonds is 10. The highest BCUT2D eigenvalue weighted by molar-refractivity contribution is 6.45. The normalized spacial score (nSPS) is 20.0. The van der Waals surface area contributed by atoms with Gasteiger partial charge in [-0.1, -0.05) is 26.0 Å². The third-order valence-electron chi connectivity index (χ3n) is 4.76. The number of alkyl halides is 2. The molecule has 1 saturated carbocycles. The Labute approximate surface area is 181 Å². The maximum absolute atomic E-state index is 13.5. The van der Waals surface area contributed by atoms with Gasteiger partial charge in [-0.15, -0.1) is 0 Å². The topological polar surface area (TPSA) is 143 Å². The number of allylic oxidation sites excluding steroid dienone is 3. The van der Waals surface area contributed by atoms with Gasteiger partial charge in [0.15, 0.2) is 5.84 Å². The molecule has 0 aromatic rings. The largest absolute Gasteiger partial charge is 0.397 e. The molecule has 1 rings (SSSR count). The average molecular weight is 436 g/mol. The molecular weight excluding hydrogens is 404 g/mol. The first-order valence-corrected chi connectivity index (χ1v) is 10.0. The molecule has 0 radical (unpaired) electrons. The fraction of sp³-hybridized carbons (Fsp3) is 0.524. The molecule has 0 saturated heterocycles. The van der Waals surface area contributed by atoms with Crippen LogP contribution in [-0.2, 0) is 0 Å². The van der Waals surface area contributed by atoms with E-state index in [1.165, 1.54) is 7.05 Å². The molecule has 0 bridgehead atoms. The molecular formula is C21H31F2N7O. The van der Waals surface area contributed by atoms with Crippen molar-refractivity contribution in [1.29, 1.82) is 10.7 Å². The van der Waals surface area contributed by atoms with Crippen molar-refractivity contribution >= 4 is 17.4 Å². The number of aliphatic imine (C=N–C) groups is 2. The molecule has 6 N–H and O–H groups in total. The van der Waals surface area contributed by atoms with Crippen molar-refractivity contribution in [2.75, 3.05) is 7.05 Å². The second-order valence-electron chi connectivity index (χ2n) is 7.22. The summed E-state index contributed by atoms with van der Waals surface area (Å²) >= 11 is 0. The van der Waals surface area contributed by atoms with Crippen molar-refractivity contribution in [2.45, 2.75) is 63.8 Å². The fourth-order valence-electron chi connectivity index (χ4n) is 3.30. The Kier molecular flexibility index (Phi) is 10.6. The molecule has 0 aliphatic heterocycles. The van der Waals surface area contributed by atoms with Gasteiger partial charge in [-0.25, -0.2) is 8.78 Å². The third kappa shape index (κ3) is 8.30. The van der Waals surface area contributed by atoms with Gasteiger partial charge in [-0.2, -0.15) is 5.26 Å². The lowest BCUT2D eigenvalue weighted by molar-refractivity contribution is 0.00808. The molecule has 8 nitrogen and oxygen atoms in total. The maximum Gasteiger partial charge on any atom is 0.250 e. The van der Waals surface area contributed by atoms with Crippen LogP contribution in [0.1, 0.15) is 51.9 Å². The van der Waals surface area contributed by atoms with E-state index >= 15 is 0 Å². The molecule has 1 fully saturated rings. The summed E-state index contributed by atoms with van der Waals surface area (Å²) < 4.78 is 27.0. The molecule has 170 valence electrons. The Morgan fingerprint density at radius 1 is 1.48 bits per heavy atom. The Balaban J connectivity index is 3.16. The van der Waals surface area contributed by atoms with Crippen LogP contribution in [0.15, 0.2) is 45.7 Å². The number of nitrogens with two attached hydrogens (primary N) is 1. The highest BCUT2D eigenvalue weighted by atomic mass is 19.3. The van der Waals surface area contributed by atoms with Crippen LogP contribution < -0.4 is 16.5 Å². The van der Waals surface area contributed by atoms with E-state index in [1.807, 2.05) is 18.5 Å². The van der Waals surface area contributed by atoms with Crippen molar-refractivity contribution < 1.29 is 14.0 Å². The molecule has 0 spiro atoms. The number of hydroxylamine groups is 1. The van der Waals surface area contributed by atoms with Gasteiger partial charge in [0.25, 0.3) is 0 Å². The summed E-state index contributed by atoms with van der Waals surface area (Å²) in [4.78, 5) is 8.13. The van der Waals surface area contributed by atoms with Crippen LogP contribution in [0.25, 0.3) is 0 Å². The summed E-state index contributed by atoms with van der Waals surface area (Å²) in [5, 5.41) is 29.5. The lowest BCUT2D eigenvalue weighted by atomic mass is 9.99. The van der Waals surface area contributed by atoms with Crippen molar-refractivity contribution in [3.63, 3.8) is 0 Å². The minimum atomic E-state index is -2.73. The van der Waals surface area contributed by atoms with E-state index in [1.54, 1.807) is 12.2 Å². The van der Waals surface area contributed by atoms with Crippen LogP contribution in [0, 0.1) is 16.7 Å². The van der Waals surface area contributed by atoms with Gasteiger partial charge in [0.2, 0.25) is 5.92 Å². The Morgan fingerprint density at radius 3 is 2.68 bits per heavy atom. The first kappa shape index (κ1) is 26.0. The number of hydrogen-bond acceptors (Lipinski definition) is 6. The maximum atomic E-state index is 13.5. The minimum Gasteiger partial charge on any atom is -0.397 e. The number of amidine groups is 2. The highest BCUT2D eigenvalue weighted by Crippen LogP contribution is 2.36. The van der Waals surface area contributed by atoms with Gasteiger partial charge in [-0.3, -0.25) is 26.1 Å². The summed E-state index contributed by atoms with van der Waals surface area (Å²) in [6, 6.07) is 1.46. The highest BCUT2D eigenvalue weighted by Gasteiger charge is 2.39. The summed E-state index contributed by atoms with van der Waals surface area (Å²) in [6.07, 6.45) is 4.52. The Morgan fingerprint density at radius 2 is 2.19 bits per heavy atom. The number of halogens is 2. The zero-order valence-corrected chi connectivity index (χ0v) is 18.0. The average Bonchev–Trinajstić information content (AvgIpc) is 3.06. The molecule has 0 aromatic carbocycles. The van der Waals surface area contributed by atoms with Crippen molar-refractivity contribution in [1.82, 2.24) is 10.8 Å². The van der Waals surface area contributed by atoms with Crippen LogP contribution in [-0.4, -0.2) is 41.6 Å². The van der Waals surface area contributed by atoms with E-state index in [2.05, 4.69) is 21.9 Å². The van der Waals surface area contributed by atoms with Gasteiger partial charge < -0.3 is 11.1 Å². The summed E-state index contributed by atoms with van der Waals surface area (Å²) in [7, 11) is 1.42. The van der Waals surface area contributed by atoms with E-state index in [0.29, 0.717) is 29.9 Å². The van der Waals surface area contributed by atoms with Crippen molar-refractivity contribution in [2.24, 2.45) is 15.7 Å². The lowest BCUT2D eigenvalue weighted by Gasteiger charge is -2.18. The molecule has 0 aromatic heterocycles. The fourth-order valence-corrected chi connectivity index (χ4v) is 3.30. The Hall–Kier alpha value is -3.06. The predicted molar refractivity (Wildman–Crippen MR) is 118 cm³/mol. The third-order valence-corrected chi connectivity index (χ3v) is 4.76. The monoisotopic (exact) mass is 435 g/mol. The Bertz CT molecular complexity index is 822. The molecule has 1 unspecified atom stereocenters. The van der Waals surface area contributed by atoms with Crippen molar-refractivity contribution in [3.8, 4) is 6.07 Å². The van der Waals surface area contributed by atoms with Gasteiger partial charge in [0.05, 0.1) is 24.2 Å². The quantitative estimate of drug-likeness (QED) is 0.154. The minimum absolute atomic E-state index is 0.0598. The molecule has 31 heavy (non-hydrogen) atoms. The van der Waals surface area contributed by atoms with Crippen LogP contribution in [0.3, 0.4) is 0 Å². The second-order valence-corrected chi connectivity index (χ2v) is 7.22. The van der Waals surface area contributed by atoms with Crippen LogP contribution in [0.2, 0.25) is 0 Å².